The Hall–Kier alpha value is -1.76. The lowest BCUT2D eigenvalue weighted by atomic mass is 10.3. The molecule has 7 heteroatoms. The molecule has 0 fully saturated rings. The van der Waals surface area contributed by atoms with Crippen LogP contribution in [0.4, 0.5) is 5.00 Å². The maximum Gasteiger partial charge on any atom is 0.267 e. The summed E-state index contributed by atoms with van der Waals surface area (Å²) < 4.78 is 5.29. The first-order valence-corrected chi connectivity index (χ1v) is 6.57. The summed E-state index contributed by atoms with van der Waals surface area (Å²) in [6.07, 6.45) is 2.69. The van der Waals surface area contributed by atoms with Gasteiger partial charge in [-0.2, -0.15) is 5.10 Å². The van der Waals surface area contributed by atoms with Gasteiger partial charge in [0.25, 0.3) is 5.56 Å². The van der Waals surface area contributed by atoms with Crippen molar-refractivity contribution in [2.75, 3.05) is 11.9 Å². The van der Waals surface area contributed by atoms with Gasteiger partial charge in [0.15, 0.2) is 0 Å². The van der Waals surface area contributed by atoms with Gasteiger partial charge < -0.3 is 5.32 Å². The lowest BCUT2D eigenvalue weighted by Crippen LogP contribution is -2.23. The molecule has 0 aromatic carbocycles. The highest BCUT2D eigenvalue weighted by atomic mass is 32.1. The Balaban J connectivity index is 2.18. The minimum Gasteiger partial charge on any atom is -0.374 e. The smallest absolute Gasteiger partial charge is 0.267 e. The summed E-state index contributed by atoms with van der Waals surface area (Å²) in [5, 5.41) is 12.3. The van der Waals surface area contributed by atoms with Crippen LogP contribution in [0.1, 0.15) is 24.6 Å². The second kappa shape index (κ2) is 5.72. The van der Waals surface area contributed by atoms with Crippen molar-refractivity contribution in [1.82, 2.24) is 19.4 Å². The zero-order chi connectivity index (χ0) is 13.0. The highest BCUT2D eigenvalue weighted by molar-refractivity contribution is 7.10. The summed E-state index contributed by atoms with van der Waals surface area (Å²) >= 11 is 1.30. The standard InChI is InChI=1S/C11H15N5OS/c1-3-4-12-11-9(14-15-18-11)7-16-10(17)5-8(2)6-13-16/h5-6,12H,3-4,7H2,1-2H3. The third kappa shape index (κ3) is 2.92. The van der Waals surface area contributed by atoms with E-state index in [1.807, 2.05) is 6.92 Å². The summed E-state index contributed by atoms with van der Waals surface area (Å²) in [7, 11) is 0. The van der Waals surface area contributed by atoms with E-state index in [2.05, 4.69) is 26.9 Å². The molecule has 0 aliphatic rings. The van der Waals surface area contributed by atoms with E-state index in [1.54, 1.807) is 12.3 Å². The largest absolute Gasteiger partial charge is 0.374 e. The van der Waals surface area contributed by atoms with Gasteiger partial charge >= 0.3 is 0 Å². The average Bonchev–Trinajstić information content (AvgIpc) is 2.77. The topological polar surface area (TPSA) is 72.7 Å². The van der Waals surface area contributed by atoms with Crippen LogP contribution in [-0.4, -0.2) is 25.9 Å². The predicted octanol–water partition coefficient (Wildman–Crippen LogP) is 1.27. The van der Waals surface area contributed by atoms with Gasteiger partial charge in [0.2, 0.25) is 0 Å². The van der Waals surface area contributed by atoms with Crippen LogP contribution < -0.4 is 10.9 Å². The summed E-state index contributed by atoms with van der Waals surface area (Å²) in [5.41, 5.74) is 1.49. The molecule has 18 heavy (non-hydrogen) atoms. The molecule has 0 bridgehead atoms. The van der Waals surface area contributed by atoms with Crippen molar-refractivity contribution >= 4 is 16.5 Å². The molecule has 0 aliphatic carbocycles. The first-order valence-electron chi connectivity index (χ1n) is 5.79. The summed E-state index contributed by atoms with van der Waals surface area (Å²) in [6.45, 7) is 5.15. The Morgan fingerprint density at radius 3 is 3.06 bits per heavy atom. The number of nitrogens with one attached hydrogen (secondary N) is 1. The highest BCUT2D eigenvalue weighted by Gasteiger charge is 2.09. The number of rotatable bonds is 5. The van der Waals surface area contributed by atoms with Crippen molar-refractivity contribution in [3.8, 4) is 0 Å². The number of hydrogen-bond donors (Lipinski definition) is 1. The molecule has 2 aromatic heterocycles. The van der Waals surface area contributed by atoms with Crippen LogP contribution in [0.2, 0.25) is 0 Å². The Kier molecular flexibility index (Phi) is 4.03. The number of hydrogen-bond acceptors (Lipinski definition) is 6. The maximum absolute atomic E-state index is 11.7. The first-order chi connectivity index (χ1) is 8.70. The minimum atomic E-state index is -0.121. The predicted molar refractivity (Wildman–Crippen MR) is 71.0 cm³/mol. The number of nitrogens with zero attached hydrogens (tertiary/aromatic N) is 4. The molecule has 2 aromatic rings. The van der Waals surface area contributed by atoms with E-state index in [1.165, 1.54) is 16.2 Å². The molecule has 96 valence electrons. The molecule has 0 spiro atoms. The molecular weight excluding hydrogens is 250 g/mol. The SMILES string of the molecule is CCCNc1snnc1Cn1ncc(C)cc1=O. The lowest BCUT2D eigenvalue weighted by Gasteiger charge is -2.05. The van der Waals surface area contributed by atoms with E-state index < -0.39 is 0 Å². The van der Waals surface area contributed by atoms with E-state index in [4.69, 9.17) is 0 Å². The third-order valence-corrected chi connectivity index (χ3v) is 3.12. The quantitative estimate of drug-likeness (QED) is 0.881. The Morgan fingerprint density at radius 1 is 1.50 bits per heavy atom. The lowest BCUT2D eigenvalue weighted by molar-refractivity contribution is 0.624. The number of aryl methyl sites for hydroxylation is 1. The van der Waals surface area contributed by atoms with Gasteiger partial charge in [0.05, 0.1) is 12.7 Å². The van der Waals surface area contributed by atoms with Crippen molar-refractivity contribution in [2.45, 2.75) is 26.8 Å². The molecule has 2 rings (SSSR count). The zero-order valence-corrected chi connectivity index (χ0v) is 11.2. The molecule has 0 saturated carbocycles. The van der Waals surface area contributed by atoms with E-state index in [0.29, 0.717) is 6.54 Å². The van der Waals surface area contributed by atoms with Crippen LogP contribution in [-0.2, 0) is 6.54 Å². The normalized spacial score (nSPS) is 10.6. The van der Waals surface area contributed by atoms with Crippen LogP contribution in [0.3, 0.4) is 0 Å². The van der Waals surface area contributed by atoms with Gasteiger partial charge in [-0.3, -0.25) is 4.79 Å². The van der Waals surface area contributed by atoms with Crippen LogP contribution in [0.25, 0.3) is 0 Å². The van der Waals surface area contributed by atoms with E-state index in [-0.39, 0.29) is 5.56 Å². The Morgan fingerprint density at radius 2 is 2.33 bits per heavy atom. The van der Waals surface area contributed by atoms with Crippen molar-refractivity contribution in [2.24, 2.45) is 0 Å². The van der Waals surface area contributed by atoms with Gasteiger partial charge in [-0.25, -0.2) is 4.68 Å². The van der Waals surface area contributed by atoms with Crippen LogP contribution in [0, 0.1) is 6.92 Å². The van der Waals surface area contributed by atoms with Crippen molar-refractivity contribution < 1.29 is 0 Å². The molecule has 0 unspecified atom stereocenters. The number of anilines is 1. The van der Waals surface area contributed by atoms with Gasteiger partial charge in [-0.15, -0.1) is 5.10 Å². The average molecular weight is 265 g/mol. The van der Waals surface area contributed by atoms with Crippen molar-refractivity contribution in [1.29, 1.82) is 0 Å². The Bertz CT molecular complexity index is 577. The molecule has 0 aliphatic heterocycles. The molecule has 0 atom stereocenters. The molecule has 2 heterocycles. The zero-order valence-electron chi connectivity index (χ0n) is 10.4. The fourth-order valence-electron chi connectivity index (χ4n) is 1.47. The van der Waals surface area contributed by atoms with Gasteiger partial charge in [0, 0.05) is 24.1 Å². The van der Waals surface area contributed by atoms with Gasteiger partial charge in [-0.1, -0.05) is 11.4 Å². The minimum absolute atomic E-state index is 0.121. The van der Waals surface area contributed by atoms with Crippen LogP contribution in [0.5, 0.6) is 0 Å². The molecule has 0 amide bonds. The van der Waals surface area contributed by atoms with Crippen LogP contribution in [0.15, 0.2) is 17.1 Å². The van der Waals surface area contributed by atoms with Crippen LogP contribution >= 0.6 is 11.5 Å². The van der Waals surface area contributed by atoms with Crippen molar-refractivity contribution in [3.05, 3.63) is 33.9 Å². The molecule has 6 nitrogen and oxygen atoms in total. The van der Waals surface area contributed by atoms with Crippen molar-refractivity contribution in [3.63, 3.8) is 0 Å². The summed E-state index contributed by atoms with van der Waals surface area (Å²) in [6, 6.07) is 1.56. The maximum atomic E-state index is 11.7. The van der Waals surface area contributed by atoms with E-state index in [0.717, 1.165) is 29.2 Å². The number of aromatic nitrogens is 4. The molecular formula is C11H15N5OS. The first kappa shape index (κ1) is 12.7. The van der Waals surface area contributed by atoms with E-state index in [9.17, 15) is 4.79 Å². The summed E-state index contributed by atoms with van der Waals surface area (Å²) in [4.78, 5) is 11.7. The monoisotopic (exact) mass is 265 g/mol. The molecule has 0 saturated heterocycles. The fourth-order valence-corrected chi connectivity index (χ4v) is 2.07. The van der Waals surface area contributed by atoms with Gasteiger partial charge in [0.1, 0.15) is 10.7 Å². The second-order valence-electron chi connectivity index (χ2n) is 4.00. The third-order valence-electron chi connectivity index (χ3n) is 2.40. The Labute approximate surface area is 109 Å². The second-order valence-corrected chi connectivity index (χ2v) is 4.76. The summed E-state index contributed by atoms with van der Waals surface area (Å²) in [5.74, 6) is 0. The fraction of sp³-hybridized carbons (Fsp3) is 0.455. The van der Waals surface area contributed by atoms with E-state index >= 15 is 0 Å². The molecule has 0 radical (unpaired) electrons. The van der Waals surface area contributed by atoms with Gasteiger partial charge in [-0.05, 0) is 18.9 Å². The molecule has 1 N–H and O–H groups in total. The highest BCUT2D eigenvalue weighted by Crippen LogP contribution is 2.17.